The molecule has 2 aromatic rings. The minimum absolute atomic E-state index is 0.0408. The molecule has 0 atom stereocenters. The highest BCUT2D eigenvalue weighted by molar-refractivity contribution is 9.10. The summed E-state index contributed by atoms with van der Waals surface area (Å²) in [5, 5.41) is 0.165. The van der Waals surface area contributed by atoms with Crippen molar-refractivity contribution in [3.63, 3.8) is 0 Å². The summed E-state index contributed by atoms with van der Waals surface area (Å²) in [5.74, 6) is 0. The van der Waals surface area contributed by atoms with Crippen molar-refractivity contribution in [3.8, 4) is 0 Å². The lowest BCUT2D eigenvalue weighted by molar-refractivity contribution is 0.601. The van der Waals surface area contributed by atoms with Gasteiger partial charge in [-0.05, 0) is 42.8 Å². The Balaban J connectivity index is 2.38. The molecule has 0 heterocycles. The van der Waals surface area contributed by atoms with Gasteiger partial charge in [-0.2, -0.15) is 0 Å². The van der Waals surface area contributed by atoms with E-state index in [2.05, 4.69) is 36.6 Å². The lowest BCUT2D eigenvalue weighted by Crippen LogP contribution is -2.13. The van der Waals surface area contributed by atoms with Crippen LogP contribution < -0.4 is 4.72 Å². The molecule has 0 radical (unpaired) electrons. The Bertz CT molecular complexity index is 763. The Kier molecular flexibility index (Phi) is 4.79. The molecule has 0 saturated carbocycles. The van der Waals surface area contributed by atoms with E-state index in [9.17, 15) is 8.42 Å². The molecule has 0 saturated heterocycles. The lowest BCUT2D eigenvalue weighted by atomic mass is 10.2. The molecule has 0 bridgehead atoms. The van der Waals surface area contributed by atoms with Gasteiger partial charge in [-0.3, -0.25) is 4.72 Å². The Hall–Kier alpha value is -0.560. The number of hydrogen-bond acceptors (Lipinski definition) is 2. The van der Waals surface area contributed by atoms with Crippen molar-refractivity contribution < 1.29 is 8.42 Å². The van der Waals surface area contributed by atoms with Crippen LogP contribution in [-0.2, 0) is 10.0 Å². The second-order valence-corrected chi connectivity index (χ2v) is 7.97. The molecular formula is C13H10Br2ClNO2S. The minimum Gasteiger partial charge on any atom is -0.280 e. The fourth-order valence-electron chi connectivity index (χ4n) is 1.56. The van der Waals surface area contributed by atoms with Crippen molar-refractivity contribution >= 4 is 59.2 Å². The molecule has 2 rings (SSSR count). The number of hydrogen-bond donors (Lipinski definition) is 1. The molecule has 0 spiro atoms. The standard InChI is InChI=1S/C13H10Br2ClNO2S/c1-8-2-4-10(7-11(8)15)17-20(18,19)13-5-3-9(14)6-12(13)16/h2-7,17H,1H3. The van der Waals surface area contributed by atoms with Gasteiger partial charge in [0.2, 0.25) is 0 Å². The molecule has 0 aliphatic heterocycles. The molecule has 1 N–H and O–H groups in total. The monoisotopic (exact) mass is 437 g/mol. The molecule has 0 aromatic heterocycles. The summed E-state index contributed by atoms with van der Waals surface area (Å²) in [5.41, 5.74) is 1.50. The van der Waals surface area contributed by atoms with Gasteiger partial charge in [0.15, 0.2) is 0 Å². The Morgan fingerprint density at radius 1 is 1.10 bits per heavy atom. The molecule has 3 nitrogen and oxygen atoms in total. The summed E-state index contributed by atoms with van der Waals surface area (Å²) >= 11 is 12.6. The quantitative estimate of drug-likeness (QED) is 0.734. The molecule has 0 aliphatic carbocycles. The van der Waals surface area contributed by atoms with Gasteiger partial charge in [-0.25, -0.2) is 8.42 Å². The zero-order valence-corrected chi connectivity index (χ0v) is 15.1. The van der Waals surface area contributed by atoms with E-state index in [1.807, 2.05) is 13.0 Å². The Morgan fingerprint density at radius 3 is 2.40 bits per heavy atom. The van der Waals surface area contributed by atoms with Gasteiger partial charge in [-0.1, -0.05) is 49.5 Å². The van der Waals surface area contributed by atoms with E-state index in [-0.39, 0.29) is 9.92 Å². The molecule has 106 valence electrons. The summed E-state index contributed by atoms with van der Waals surface area (Å²) in [6.07, 6.45) is 0. The molecule has 2 aromatic carbocycles. The lowest BCUT2D eigenvalue weighted by Gasteiger charge is -2.10. The van der Waals surface area contributed by atoms with E-state index in [1.165, 1.54) is 6.07 Å². The first-order valence-corrected chi connectivity index (χ1v) is 8.98. The fourth-order valence-corrected chi connectivity index (χ4v) is 4.03. The molecule has 20 heavy (non-hydrogen) atoms. The summed E-state index contributed by atoms with van der Waals surface area (Å²) in [4.78, 5) is 0.0408. The van der Waals surface area contributed by atoms with Crippen LogP contribution in [0.2, 0.25) is 5.02 Å². The molecule has 0 amide bonds. The van der Waals surface area contributed by atoms with E-state index >= 15 is 0 Å². The zero-order chi connectivity index (χ0) is 14.9. The topological polar surface area (TPSA) is 46.2 Å². The minimum atomic E-state index is -3.71. The maximum Gasteiger partial charge on any atom is 0.263 e. The number of anilines is 1. The van der Waals surface area contributed by atoms with Gasteiger partial charge < -0.3 is 0 Å². The van der Waals surface area contributed by atoms with Crippen molar-refractivity contribution in [2.75, 3.05) is 4.72 Å². The number of aryl methyl sites for hydroxylation is 1. The first kappa shape index (κ1) is 15.8. The zero-order valence-electron chi connectivity index (χ0n) is 10.3. The first-order valence-electron chi connectivity index (χ1n) is 5.53. The van der Waals surface area contributed by atoms with E-state index < -0.39 is 10.0 Å². The van der Waals surface area contributed by atoms with E-state index in [4.69, 9.17) is 11.6 Å². The highest BCUT2D eigenvalue weighted by atomic mass is 79.9. The van der Waals surface area contributed by atoms with Gasteiger partial charge >= 0.3 is 0 Å². The van der Waals surface area contributed by atoms with Gasteiger partial charge in [0, 0.05) is 14.6 Å². The van der Waals surface area contributed by atoms with E-state index in [1.54, 1.807) is 24.3 Å². The number of nitrogens with one attached hydrogen (secondary N) is 1. The van der Waals surface area contributed by atoms with Crippen molar-refractivity contribution in [2.45, 2.75) is 11.8 Å². The maximum absolute atomic E-state index is 12.3. The summed E-state index contributed by atoms with van der Waals surface area (Å²) < 4.78 is 28.7. The van der Waals surface area contributed by atoms with Gasteiger partial charge in [0.05, 0.1) is 5.02 Å². The average Bonchev–Trinajstić information content (AvgIpc) is 2.33. The van der Waals surface area contributed by atoms with Crippen LogP contribution in [0.15, 0.2) is 50.2 Å². The van der Waals surface area contributed by atoms with E-state index in [0.29, 0.717) is 5.69 Å². The smallest absolute Gasteiger partial charge is 0.263 e. The predicted molar refractivity (Wildman–Crippen MR) is 88.8 cm³/mol. The SMILES string of the molecule is Cc1ccc(NS(=O)(=O)c2ccc(Br)cc2Cl)cc1Br. The van der Waals surface area contributed by atoms with Crippen LogP contribution in [0, 0.1) is 6.92 Å². The van der Waals surface area contributed by atoms with Gasteiger partial charge in [0.1, 0.15) is 4.90 Å². The summed E-state index contributed by atoms with van der Waals surface area (Å²) in [7, 11) is -3.71. The van der Waals surface area contributed by atoms with Crippen LogP contribution in [0.4, 0.5) is 5.69 Å². The third-order valence-corrected chi connectivity index (χ3v) is 5.82. The van der Waals surface area contributed by atoms with Crippen molar-refractivity contribution in [2.24, 2.45) is 0 Å². The third kappa shape index (κ3) is 3.55. The van der Waals surface area contributed by atoms with Crippen molar-refractivity contribution in [1.82, 2.24) is 0 Å². The van der Waals surface area contributed by atoms with Crippen LogP contribution in [0.25, 0.3) is 0 Å². The van der Waals surface area contributed by atoms with Crippen molar-refractivity contribution in [1.29, 1.82) is 0 Å². The summed E-state index contributed by atoms with van der Waals surface area (Å²) in [6.45, 7) is 1.92. The summed E-state index contributed by atoms with van der Waals surface area (Å²) in [6, 6.07) is 9.86. The number of halogens is 3. The number of benzene rings is 2. The second-order valence-electron chi connectivity index (χ2n) is 4.14. The van der Waals surface area contributed by atoms with Gasteiger partial charge in [-0.15, -0.1) is 0 Å². The van der Waals surface area contributed by atoms with Crippen LogP contribution in [0.3, 0.4) is 0 Å². The number of rotatable bonds is 3. The number of sulfonamides is 1. The average molecular weight is 440 g/mol. The van der Waals surface area contributed by atoms with E-state index in [0.717, 1.165) is 14.5 Å². The second kappa shape index (κ2) is 6.05. The van der Waals surface area contributed by atoms with Crippen LogP contribution in [0.1, 0.15) is 5.56 Å². The third-order valence-electron chi connectivity index (χ3n) is 2.61. The molecule has 7 heteroatoms. The molecule has 0 fully saturated rings. The maximum atomic E-state index is 12.3. The fraction of sp³-hybridized carbons (Fsp3) is 0.0769. The first-order chi connectivity index (χ1) is 9.29. The van der Waals surface area contributed by atoms with Gasteiger partial charge in [0.25, 0.3) is 10.0 Å². The molecule has 0 unspecified atom stereocenters. The normalized spacial score (nSPS) is 11.4. The Morgan fingerprint density at radius 2 is 1.80 bits per heavy atom. The largest absolute Gasteiger partial charge is 0.280 e. The highest BCUT2D eigenvalue weighted by Gasteiger charge is 2.18. The van der Waals surface area contributed by atoms with Crippen LogP contribution >= 0.6 is 43.5 Å². The van der Waals surface area contributed by atoms with Crippen LogP contribution in [-0.4, -0.2) is 8.42 Å². The van der Waals surface area contributed by atoms with Crippen LogP contribution in [0.5, 0.6) is 0 Å². The highest BCUT2D eigenvalue weighted by Crippen LogP contribution is 2.28. The molecule has 0 aliphatic rings. The van der Waals surface area contributed by atoms with Crippen molar-refractivity contribution in [3.05, 3.63) is 55.9 Å². The Labute approximate surface area is 139 Å². The molecular weight excluding hydrogens is 429 g/mol. The predicted octanol–water partition coefficient (Wildman–Crippen LogP) is 4.97.